The van der Waals surface area contributed by atoms with Gasteiger partial charge in [0.05, 0.1) is 11.1 Å². The molecule has 1 aromatic carbocycles. The maximum absolute atomic E-state index is 13.7. The topological polar surface area (TPSA) is 20.2 Å². The van der Waals surface area contributed by atoms with E-state index in [1.54, 1.807) is 25.1 Å². The fourth-order valence-corrected chi connectivity index (χ4v) is 2.27. The Morgan fingerprint density at radius 1 is 1.44 bits per heavy atom. The molecule has 0 fully saturated rings. The predicted octanol–water partition coefficient (Wildman–Crippen LogP) is 3.82. The molecule has 0 saturated heterocycles. The second-order valence-corrected chi connectivity index (χ2v) is 5.51. The third kappa shape index (κ3) is 3.76. The highest BCUT2D eigenvalue weighted by molar-refractivity contribution is 6.30. The molecule has 16 heavy (non-hydrogen) atoms. The van der Waals surface area contributed by atoms with Gasteiger partial charge in [-0.1, -0.05) is 37.6 Å². The molecular formula is C13H18ClFO. The number of aliphatic hydroxyl groups is 1. The summed E-state index contributed by atoms with van der Waals surface area (Å²) in [6.07, 6.45) is 0.834. The molecule has 3 heteroatoms. The Morgan fingerprint density at radius 2 is 2.06 bits per heavy atom. The maximum atomic E-state index is 13.7. The summed E-state index contributed by atoms with van der Waals surface area (Å²) in [6, 6.07) is 5.03. The molecule has 1 atom stereocenters. The Labute approximate surface area is 101 Å². The van der Waals surface area contributed by atoms with Gasteiger partial charge < -0.3 is 5.11 Å². The van der Waals surface area contributed by atoms with E-state index >= 15 is 0 Å². The van der Waals surface area contributed by atoms with Crippen LogP contribution in [-0.4, -0.2) is 11.2 Å². The van der Waals surface area contributed by atoms with Crippen LogP contribution in [0, 0.1) is 11.2 Å². The lowest BCUT2D eigenvalue weighted by Crippen LogP contribution is -2.21. The molecule has 0 saturated carbocycles. The van der Waals surface area contributed by atoms with Crippen LogP contribution in [0.2, 0.25) is 5.02 Å². The monoisotopic (exact) mass is 244 g/mol. The van der Waals surface area contributed by atoms with Crippen LogP contribution < -0.4 is 0 Å². The third-order valence-electron chi connectivity index (χ3n) is 2.55. The summed E-state index contributed by atoms with van der Waals surface area (Å²) >= 11 is 5.72. The largest absolute Gasteiger partial charge is 0.393 e. The van der Waals surface area contributed by atoms with Crippen molar-refractivity contribution in [3.05, 3.63) is 34.6 Å². The zero-order valence-corrected chi connectivity index (χ0v) is 10.7. The molecule has 0 heterocycles. The maximum Gasteiger partial charge on any atom is 0.144 e. The van der Waals surface area contributed by atoms with E-state index in [1.807, 2.05) is 13.8 Å². The van der Waals surface area contributed by atoms with Gasteiger partial charge in [0.2, 0.25) is 0 Å². The van der Waals surface area contributed by atoms with Crippen molar-refractivity contribution >= 4 is 11.6 Å². The van der Waals surface area contributed by atoms with Crippen LogP contribution in [0.4, 0.5) is 4.39 Å². The Balaban J connectivity index is 2.83. The second kappa shape index (κ2) is 5.15. The second-order valence-electron chi connectivity index (χ2n) is 5.11. The average Bonchev–Trinajstić information content (AvgIpc) is 2.10. The lowest BCUT2D eigenvalue weighted by molar-refractivity contribution is 0.129. The molecule has 90 valence electrons. The number of benzene rings is 1. The molecule has 0 radical (unpaired) electrons. The molecule has 0 amide bonds. The highest BCUT2D eigenvalue weighted by atomic mass is 35.5. The van der Waals surface area contributed by atoms with Gasteiger partial charge in [-0.05, 0) is 36.8 Å². The minimum atomic E-state index is -0.378. The summed E-state index contributed by atoms with van der Waals surface area (Å²) in [7, 11) is 0. The molecule has 0 spiro atoms. The third-order valence-corrected chi connectivity index (χ3v) is 2.84. The van der Waals surface area contributed by atoms with E-state index in [4.69, 9.17) is 11.6 Å². The zero-order valence-electron chi connectivity index (χ0n) is 9.93. The highest BCUT2D eigenvalue weighted by Crippen LogP contribution is 2.30. The van der Waals surface area contributed by atoms with Crippen LogP contribution in [-0.2, 0) is 6.42 Å². The minimum absolute atomic E-state index is 0.139. The molecular weight excluding hydrogens is 227 g/mol. The Hall–Kier alpha value is -0.600. The number of aliphatic hydroxyl groups excluding tert-OH is 1. The molecule has 0 aliphatic rings. The smallest absolute Gasteiger partial charge is 0.144 e. The summed E-state index contributed by atoms with van der Waals surface area (Å²) in [4.78, 5) is 0. The van der Waals surface area contributed by atoms with Crippen molar-refractivity contribution in [2.24, 2.45) is 5.41 Å². The fraction of sp³-hybridized carbons (Fsp3) is 0.538. The Bertz CT molecular complexity index is 361. The molecule has 1 unspecified atom stereocenters. The first-order valence-corrected chi connectivity index (χ1v) is 5.80. The van der Waals surface area contributed by atoms with Gasteiger partial charge in [-0.25, -0.2) is 4.39 Å². The van der Waals surface area contributed by atoms with E-state index in [9.17, 15) is 9.50 Å². The molecule has 1 aromatic rings. The summed E-state index contributed by atoms with van der Waals surface area (Å²) in [5.41, 5.74) is 0.470. The fourth-order valence-electron chi connectivity index (χ4n) is 2.07. The van der Waals surface area contributed by atoms with Crippen molar-refractivity contribution in [3.8, 4) is 0 Å². The Morgan fingerprint density at radius 3 is 2.62 bits per heavy atom. The zero-order chi connectivity index (χ0) is 12.3. The summed E-state index contributed by atoms with van der Waals surface area (Å²) < 4.78 is 13.7. The van der Waals surface area contributed by atoms with Gasteiger partial charge in [0.1, 0.15) is 5.82 Å². The van der Waals surface area contributed by atoms with E-state index in [2.05, 4.69) is 0 Å². The van der Waals surface area contributed by atoms with Gasteiger partial charge in [0.25, 0.3) is 0 Å². The Kier molecular flexibility index (Phi) is 4.34. The van der Waals surface area contributed by atoms with Crippen LogP contribution in [0.5, 0.6) is 0 Å². The van der Waals surface area contributed by atoms with Crippen LogP contribution in [0.1, 0.15) is 32.8 Å². The van der Waals surface area contributed by atoms with Crippen molar-refractivity contribution in [2.75, 3.05) is 0 Å². The van der Waals surface area contributed by atoms with Crippen molar-refractivity contribution in [3.63, 3.8) is 0 Å². The van der Waals surface area contributed by atoms with E-state index < -0.39 is 0 Å². The van der Waals surface area contributed by atoms with Crippen LogP contribution in [0.25, 0.3) is 0 Å². The van der Waals surface area contributed by atoms with Crippen molar-refractivity contribution in [2.45, 2.75) is 39.7 Å². The van der Waals surface area contributed by atoms with Gasteiger partial charge >= 0.3 is 0 Å². The summed E-state index contributed by atoms with van der Waals surface area (Å²) in [5.74, 6) is -0.345. The predicted molar refractivity (Wildman–Crippen MR) is 65.2 cm³/mol. The molecule has 0 bridgehead atoms. The quantitative estimate of drug-likeness (QED) is 0.854. The van der Waals surface area contributed by atoms with Gasteiger partial charge in [0.15, 0.2) is 0 Å². The lowest BCUT2D eigenvalue weighted by atomic mass is 9.81. The van der Waals surface area contributed by atoms with E-state index in [1.165, 1.54) is 0 Å². The van der Waals surface area contributed by atoms with Gasteiger partial charge in [0, 0.05) is 0 Å². The van der Waals surface area contributed by atoms with E-state index in [0.717, 1.165) is 0 Å². The molecule has 0 aliphatic carbocycles. The van der Waals surface area contributed by atoms with Crippen LogP contribution in [0.15, 0.2) is 18.2 Å². The van der Waals surface area contributed by atoms with E-state index in [0.29, 0.717) is 18.4 Å². The SMILES string of the molecule is CC(O)CC(C)(C)Cc1cccc(Cl)c1F. The van der Waals surface area contributed by atoms with Crippen molar-refractivity contribution in [1.29, 1.82) is 0 Å². The van der Waals surface area contributed by atoms with Crippen molar-refractivity contribution < 1.29 is 9.50 Å². The number of hydrogen-bond acceptors (Lipinski definition) is 1. The molecule has 1 rings (SSSR count). The van der Waals surface area contributed by atoms with Crippen LogP contribution >= 0.6 is 11.6 Å². The summed E-state index contributed by atoms with van der Waals surface area (Å²) in [6.45, 7) is 5.77. The number of hydrogen-bond donors (Lipinski definition) is 1. The average molecular weight is 245 g/mol. The normalized spacial score (nSPS) is 13.9. The first kappa shape index (κ1) is 13.5. The van der Waals surface area contributed by atoms with Gasteiger partial charge in [-0.3, -0.25) is 0 Å². The molecule has 1 N–H and O–H groups in total. The number of rotatable bonds is 4. The molecule has 0 aromatic heterocycles. The number of halogens is 2. The van der Waals surface area contributed by atoms with Gasteiger partial charge in [-0.2, -0.15) is 0 Å². The lowest BCUT2D eigenvalue weighted by Gasteiger charge is -2.26. The van der Waals surface area contributed by atoms with Crippen LogP contribution in [0.3, 0.4) is 0 Å². The first-order valence-electron chi connectivity index (χ1n) is 5.43. The molecule has 0 aliphatic heterocycles. The van der Waals surface area contributed by atoms with Gasteiger partial charge in [-0.15, -0.1) is 0 Å². The summed E-state index contributed by atoms with van der Waals surface area (Å²) in [5, 5.41) is 9.53. The minimum Gasteiger partial charge on any atom is -0.393 e. The van der Waals surface area contributed by atoms with E-state index in [-0.39, 0.29) is 22.4 Å². The standard InChI is InChI=1S/C13H18ClFO/c1-9(16)7-13(2,3)8-10-5-4-6-11(14)12(10)15/h4-6,9,16H,7-8H2,1-3H3. The molecule has 1 nitrogen and oxygen atoms in total. The van der Waals surface area contributed by atoms with Crippen molar-refractivity contribution in [1.82, 2.24) is 0 Å². The highest BCUT2D eigenvalue weighted by Gasteiger charge is 2.22. The first-order chi connectivity index (χ1) is 7.32.